The molecular weight excluding hydrogens is 251 g/mol. The fourth-order valence-electron chi connectivity index (χ4n) is 1.44. The Morgan fingerprint density at radius 2 is 2.21 bits per heavy atom. The number of anilines is 2. The van der Waals surface area contributed by atoms with Gasteiger partial charge in [0, 0.05) is 18.8 Å². The van der Waals surface area contributed by atoms with Gasteiger partial charge in [0.1, 0.15) is 12.4 Å². The van der Waals surface area contributed by atoms with E-state index in [0.29, 0.717) is 11.4 Å². The van der Waals surface area contributed by atoms with Crippen molar-refractivity contribution in [2.75, 3.05) is 30.5 Å². The number of carbonyl (C=O) groups excluding carboxylic acids is 1. The van der Waals surface area contributed by atoms with E-state index in [-0.39, 0.29) is 19.3 Å². The lowest BCUT2D eigenvalue weighted by Gasteiger charge is -2.24. The Balaban J connectivity index is 2.74. The van der Waals surface area contributed by atoms with Gasteiger partial charge >= 0.3 is 6.09 Å². The highest BCUT2D eigenvalue weighted by molar-refractivity contribution is 5.84. The van der Waals surface area contributed by atoms with Crippen LogP contribution in [0.1, 0.15) is 13.8 Å². The van der Waals surface area contributed by atoms with Crippen molar-refractivity contribution in [2.45, 2.75) is 19.9 Å². The van der Waals surface area contributed by atoms with E-state index < -0.39 is 11.9 Å². The molecule has 19 heavy (non-hydrogen) atoms. The summed E-state index contributed by atoms with van der Waals surface area (Å²) >= 11 is 0. The molecule has 0 aromatic heterocycles. The molecule has 0 aliphatic heterocycles. The number of nitrogens with zero attached hydrogens (tertiary/aromatic N) is 1. The van der Waals surface area contributed by atoms with Gasteiger partial charge in [-0.1, -0.05) is 0 Å². The van der Waals surface area contributed by atoms with Crippen LogP contribution < -0.4 is 10.2 Å². The number of halogens is 1. The van der Waals surface area contributed by atoms with Crippen LogP contribution in [0.25, 0.3) is 0 Å². The summed E-state index contributed by atoms with van der Waals surface area (Å²) in [5, 5.41) is 10.9. The second-order valence-electron chi connectivity index (χ2n) is 4.36. The zero-order valence-corrected chi connectivity index (χ0v) is 11.3. The molecule has 1 aromatic rings. The van der Waals surface area contributed by atoms with Gasteiger partial charge in [0.25, 0.3) is 0 Å². The Morgan fingerprint density at radius 1 is 1.53 bits per heavy atom. The quantitative estimate of drug-likeness (QED) is 0.861. The van der Waals surface area contributed by atoms with Crippen molar-refractivity contribution in [2.24, 2.45) is 0 Å². The first kappa shape index (κ1) is 15.2. The van der Waals surface area contributed by atoms with Crippen molar-refractivity contribution in [1.29, 1.82) is 0 Å². The van der Waals surface area contributed by atoms with Crippen LogP contribution in [-0.2, 0) is 4.74 Å². The van der Waals surface area contributed by atoms with E-state index in [0.717, 1.165) is 0 Å². The van der Waals surface area contributed by atoms with Crippen LogP contribution in [0.3, 0.4) is 0 Å². The minimum absolute atomic E-state index is 0.0948. The molecule has 1 amide bonds. The zero-order chi connectivity index (χ0) is 14.4. The first-order chi connectivity index (χ1) is 8.95. The summed E-state index contributed by atoms with van der Waals surface area (Å²) in [6.07, 6.45) is -0.724. The third kappa shape index (κ3) is 4.40. The molecule has 0 saturated carbocycles. The summed E-state index contributed by atoms with van der Waals surface area (Å²) in [7, 11) is 1.80. The Hall–Kier alpha value is -1.82. The number of nitrogens with one attached hydrogen (secondary N) is 1. The van der Waals surface area contributed by atoms with E-state index in [9.17, 15) is 9.18 Å². The van der Waals surface area contributed by atoms with Gasteiger partial charge in [-0.3, -0.25) is 5.32 Å². The van der Waals surface area contributed by atoms with Gasteiger partial charge < -0.3 is 14.7 Å². The van der Waals surface area contributed by atoms with Crippen molar-refractivity contribution in [3.63, 3.8) is 0 Å². The molecule has 1 aromatic carbocycles. The van der Waals surface area contributed by atoms with Crippen LogP contribution in [0.15, 0.2) is 18.2 Å². The van der Waals surface area contributed by atoms with Crippen LogP contribution >= 0.6 is 0 Å². The highest BCUT2D eigenvalue weighted by atomic mass is 19.1. The van der Waals surface area contributed by atoms with E-state index in [1.807, 2.05) is 13.8 Å². The van der Waals surface area contributed by atoms with E-state index in [4.69, 9.17) is 5.11 Å². The van der Waals surface area contributed by atoms with Crippen molar-refractivity contribution in [3.8, 4) is 0 Å². The molecule has 5 nitrogen and oxygen atoms in total. The van der Waals surface area contributed by atoms with Crippen molar-refractivity contribution < 1.29 is 19.0 Å². The second-order valence-corrected chi connectivity index (χ2v) is 4.36. The molecule has 0 fully saturated rings. The summed E-state index contributed by atoms with van der Waals surface area (Å²) in [5.41, 5.74) is 0.769. The fourth-order valence-corrected chi connectivity index (χ4v) is 1.44. The predicted molar refractivity (Wildman–Crippen MR) is 72.0 cm³/mol. The van der Waals surface area contributed by atoms with Crippen LogP contribution in [0, 0.1) is 5.82 Å². The molecule has 0 aliphatic carbocycles. The maximum Gasteiger partial charge on any atom is 0.411 e. The summed E-state index contributed by atoms with van der Waals surface area (Å²) in [5.74, 6) is -0.420. The number of rotatable bonds is 5. The molecule has 6 heteroatoms. The summed E-state index contributed by atoms with van der Waals surface area (Å²) < 4.78 is 18.5. The van der Waals surface area contributed by atoms with Gasteiger partial charge in [-0.25, -0.2) is 9.18 Å². The second kappa shape index (κ2) is 6.94. The molecule has 0 bridgehead atoms. The largest absolute Gasteiger partial charge is 0.447 e. The number of aliphatic hydroxyl groups excluding tert-OH is 1. The minimum Gasteiger partial charge on any atom is -0.447 e. The van der Waals surface area contributed by atoms with Crippen molar-refractivity contribution >= 4 is 17.5 Å². The van der Waals surface area contributed by atoms with Gasteiger partial charge in [0.15, 0.2) is 0 Å². The number of hydrogen-bond acceptors (Lipinski definition) is 4. The average molecular weight is 270 g/mol. The van der Waals surface area contributed by atoms with Gasteiger partial charge in [-0.2, -0.15) is 0 Å². The number of amides is 1. The van der Waals surface area contributed by atoms with Crippen LogP contribution in [0.5, 0.6) is 0 Å². The Kier molecular flexibility index (Phi) is 5.57. The molecule has 1 rings (SSSR count). The summed E-state index contributed by atoms with van der Waals surface area (Å²) in [4.78, 5) is 13.0. The molecule has 0 radical (unpaired) electrons. The van der Waals surface area contributed by atoms with Crippen molar-refractivity contribution in [1.82, 2.24) is 0 Å². The molecule has 0 spiro atoms. The Morgan fingerprint density at radius 3 is 2.74 bits per heavy atom. The first-order valence-corrected chi connectivity index (χ1v) is 6.02. The third-order valence-corrected chi connectivity index (χ3v) is 2.67. The lowest BCUT2D eigenvalue weighted by Crippen LogP contribution is -2.26. The number of ether oxygens (including phenoxy) is 1. The normalized spacial score (nSPS) is 10.4. The molecule has 0 aliphatic rings. The monoisotopic (exact) mass is 270 g/mol. The average Bonchev–Trinajstić information content (AvgIpc) is 2.35. The van der Waals surface area contributed by atoms with E-state index in [2.05, 4.69) is 10.1 Å². The maximum absolute atomic E-state index is 13.9. The molecule has 106 valence electrons. The lowest BCUT2D eigenvalue weighted by molar-refractivity contribution is 0.131. The van der Waals surface area contributed by atoms with Crippen LogP contribution in [0.4, 0.5) is 20.6 Å². The Labute approximate surface area is 112 Å². The predicted octanol–water partition coefficient (Wildman–Crippen LogP) is 2.21. The number of benzene rings is 1. The molecular formula is C13H19FN2O3. The van der Waals surface area contributed by atoms with E-state index >= 15 is 0 Å². The lowest BCUT2D eigenvalue weighted by atomic mass is 10.2. The first-order valence-electron chi connectivity index (χ1n) is 6.02. The number of hydrogen-bond donors (Lipinski definition) is 2. The van der Waals surface area contributed by atoms with E-state index in [1.165, 1.54) is 6.07 Å². The molecule has 0 heterocycles. The zero-order valence-electron chi connectivity index (χ0n) is 11.3. The fraction of sp³-hybridized carbons (Fsp3) is 0.462. The molecule has 0 unspecified atom stereocenters. The molecule has 0 saturated heterocycles. The van der Waals surface area contributed by atoms with Crippen LogP contribution in [-0.4, -0.2) is 37.5 Å². The topological polar surface area (TPSA) is 61.8 Å². The molecule has 2 N–H and O–H groups in total. The minimum atomic E-state index is -0.724. The maximum atomic E-state index is 13.9. The van der Waals surface area contributed by atoms with Gasteiger partial charge in [0.05, 0.1) is 12.3 Å². The number of aliphatic hydroxyl groups is 1. The van der Waals surface area contributed by atoms with Gasteiger partial charge in [-0.05, 0) is 32.0 Å². The van der Waals surface area contributed by atoms with E-state index in [1.54, 1.807) is 24.1 Å². The number of carbonyl (C=O) groups is 1. The highest BCUT2D eigenvalue weighted by Gasteiger charge is 2.12. The van der Waals surface area contributed by atoms with Crippen molar-refractivity contribution in [3.05, 3.63) is 24.0 Å². The van der Waals surface area contributed by atoms with Gasteiger partial charge in [-0.15, -0.1) is 0 Å². The standard InChI is InChI=1S/C13H19FN2O3/c1-9(2)16(3)12-5-4-10(8-11(12)14)15-13(18)19-7-6-17/h4-5,8-9,17H,6-7H2,1-3H3,(H,15,18). The van der Waals surface area contributed by atoms with Gasteiger partial charge in [0.2, 0.25) is 0 Å². The highest BCUT2D eigenvalue weighted by Crippen LogP contribution is 2.23. The summed E-state index contributed by atoms with van der Waals surface area (Å²) in [6, 6.07) is 4.59. The smallest absolute Gasteiger partial charge is 0.411 e. The third-order valence-electron chi connectivity index (χ3n) is 2.67. The SMILES string of the molecule is CC(C)N(C)c1ccc(NC(=O)OCCO)cc1F. The van der Waals surface area contributed by atoms with Crippen LogP contribution in [0.2, 0.25) is 0 Å². The molecule has 0 atom stereocenters. The Bertz CT molecular complexity index is 438. The summed E-state index contributed by atoms with van der Waals surface area (Å²) in [6.45, 7) is 3.57.